The van der Waals surface area contributed by atoms with Crippen LogP contribution < -0.4 is 9.64 Å². The lowest BCUT2D eigenvalue weighted by Crippen LogP contribution is -2.36. The molecule has 0 atom stereocenters. The number of ether oxygens (including phenoxy) is 1. The summed E-state index contributed by atoms with van der Waals surface area (Å²) < 4.78 is 9.20. The third-order valence-corrected chi connectivity index (χ3v) is 5.70. The van der Waals surface area contributed by atoms with E-state index in [2.05, 4.69) is 21.9 Å². The van der Waals surface area contributed by atoms with Gasteiger partial charge in [-0.15, -0.1) is 5.10 Å². The molecule has 5 rings (SSSR count). The molecule has 4 heterocycles. The minimum absolute atomic E-state index is 0.259. The monoisotopic (exact) mass is 419 g/mol. The van der Waals surface area contributed by atoms with Crippen LogP contribution in [0.1, 0.15) is 19.8 Å². The zero-order chi connectivity index (χ0) is 21.4. The van der Waals surface area contributed by atoms with Crippen LogP contribution in [0.5, 0.6) is 5.88 Å². The second kappa shape index (κ2) is 7.99. The third-order valence-electron chi connectivity index (χ3n) is 5.70. The number of hydrogen-bond donors (Lipinski definition) is 1. The van der Waals surface area contributed by atoms with Crippen molar-refractivity contribution < 1.29 is 9.84 Å². The van der Waals surface area contributed by atoms with Gasteiger partial charge in [0.15, 0.2) is 17.0 Å². The topological polar surface area (TPSA) is 94.1 Å². The lowest BCUT2D eigenvalue weighted by atomic mass is 10.1. The van der Waals surface area contributed by atoms with E-state index in [1.165, 1.54) is 0 Å². The zero-order valence-electron chi connectivity index (χ0n) is 17.6. The van der Waals surface area contributed by atoms with Gasteiger partial charge in [-0.25, -0.2) is 9.67 Å². The molecule has 0 bridgehead atoms. The first kappa shape index (κ1) is 19.5. The molecule has 0 spiro atoms. The lowest BCUT2D eigenvalue weighted by Gasteiger charge is -2.30. The first-order valence-corrected chi connectivity index (χ1v) is 10.5. The summed E-state index contributed by atoms with van der Waals surface area (Å²) in [6.07, 6.45) is 4.85. The van der Waals surface area contributed by atoms with Gasteiger partial charge in [0.25, 0.3) is 5.95 Å². The van der Waals surface area contributed by atoms with E-state index in [1.807, 2.05) is 41.1 Å². The molecule has 0 amide bonds. The number of aryl methyl sites for hydroxylation is 1. The SMILES string of the molecule is CCn1cnc2c(N3CCC(O)CC3)nc(-n3cc(-c4ccccc4)c(OC)n3)nc21. The van der Waals surface area contributed by atoms with Crippen molar-refractivity contribution in [3.8, 4) is 23.0 Å². The summed E-state index contributed by atoms with van der Waals surface area (Å²) in [7, 11) is 1.61. The Hall–Kier alpha value is -3.46. The molecule has 3 aromatic heterocycles. The van der Waals surface area contributed by atoms with E-state index in [1.54, 1.807) is 18.1 Å². The molecule has 160 valence electrons. The van der Waals surface area contributed by atoms with Crippen LogP contribution in [0.15, 0.2) is 42.9 Å². The van der Waals surface area contributed by atoms with Crippen molar-refractivity contribution in [1.82, 2.24) is 29.3 Å². The molecule has 1 saturated heterocycles. The van der Waals surface area contributed by atoms with E-state index in [0.29, 0.717) is 24.7 Å². The van der Waals surface area contributed by atoms with Crippen LogP contribution in [0.3, 0.4) is 0 Å². The second-order valence-electron chi connectivity index (χ2n) is 7.63. The van der Waals surface area contributed by atoms with Gasteiger partial charge in [-0.2, -0.15) is 9.97 Å². The number of aromatic nitrogens is 6. The normalized spacial score (nSPS) is 15.0. The Kier molecular flexibility index (Phi) is 5.03. The van der Waals surface area contributed by atoms with E-state index in [9.17, 15) is 5.11 Å². The van der Waals surface area contributed by atoms with Crippen molar-refractivity contribution in [2.45, 2.75) is 32.4 Å². The average Bonchev–Trinajstić information content (AvgIpc) is 3.43. The van der Waals surface area contributed by atoms with Gasteiger partial charge >= 0.3 is 0 Å². The number of methoxy groups -OCH3 is 1. The van der Waals surface area contributed by atoms with Crippen molar-refractivity contribution in [3.05, 3.63) is 42.9 Å². The van der Waals surface area contributed by atoms with E-state index in [4.69, 9.17) is 14.7 Å². The standard InChI is InChI=1S/C22H25N7O2/c1-3-27-14-23-18-19(27)24-22(25-20(18)28-11-9-16(30)10-12-28)29-13-17(21(26-29)31-2)15-7-5-4-6-8-15/h4-8,13-14,16,30H,3,9-12H2,1-2H3. The minimum atomic E-state index is -0.259. The van der Waals surface area contributed by atoms with E-state index < -0.39 is 0 Å². The summed E-state index contributed by atoms with van der Waals surface area (Å²) in [5.41, 5.74) is 3.42. The molecule has 1 aromatic carbocycles. The molecule has 0 radical (unpaired) electrons. The van der Waals surface area contributed by atoms with Gasteiger partial charge in [0.05, 0.1) is 25.1 Å². The second-order valence-corrected chi connectivity index (χ2v) is 7.63. The zero-order valence-corrected chi connectivity index (χ0v) is 17.6. The van der Waals surface area contributed by atoms with Crippen LogP contribution >= 0.6 is 0 Å². The largest absolute Gasteiger partial charge is 0.479 e. The summed E-state index contributed by atoms with van der Waals surface area (Å²) in [5, 5.41) is 14.5. The maximum atomic E-state index is 9.92. The molecule has 9 heteroatoms. The predicted octanol–water partition coefficient (Wildman–Crippen LogP) is 2.67. The minimum Gasteiger partial charge on any atom is -0.479 e. The Morgan fingerprint density at radius 3 is 2.61 bits per heavy atom. The number of aliphatic hydroxyl groups excluding tert-OH is 1. The van der Waals surface area contributed by atoms with Crippen molar-refractivity contribution in [3.63, 3.8) is 0 Å². The molecule has 4 aromatic rings. The highest BCUT2D eigenvalue weighted by molar-refractivity contribution is 5.84. The Morgan fingerprint density at radius 1 is 1.13 bits per heavy atom. The van der Waals surface area contributed by atoms with E-state index in [-0.39, 0.29) is 6.10 Å². The quantitative estimate of drug-likeness (QED) is 0.531. The number of hydrogen-bond acceptors (Lipinski definition) is 7. The number of rotatable bonds is 5. The average molecular weight is 419 g/mol. The van der Waals surface area contributed by atoms with Crippen LogP contribution in [0.4, 0.5) is 5.82 Å². The fraction of sp³-hybridized carbons (Fsp3) is 0.364. The third kappa shape index (κ3) is 3.50. The van der Waals surface area contributed by atoms with Crippen LogP contribution in [0.2, 0.25) is 0 Å². The van der Waals surface area contributed by atoms with Crippen molar-refractivity contribution in [2.75, 3.05) is 25.1 Å². The van der Waals surface area contributed by atoms with Gasteiger partial charge in [0.1, 0.15) is 0 Å². The van der Waals surface area contributed by atoms with Gasteiger partial charge in [-0.1, -0.05) is 30.3 Å². The molecule has 0 aliphatic carbocycles. The highest BCUT2D eigenvalue weighted by Gasteiger charge is 2.24. The molecule has 1 fully saturated rings. The Labute approximate surface area is 179 Å². The molecular formula is C22H25N7O2. The Morgan fingerprint density at radius 2 is 1.90 bits per heavy atom. The fourth-order valence-corrected chi connectivity index (χ4v) is 3.98. The van der Waals surface area contributed by atoms with E-state index >= 15 is 0 Å². The fourth-order valence-electron chi connectivity index (χ4n) is 3.98. The smallest absolute Gasteiger partial charge is 0.254 e. The summed E-state index contributed by atoms with van der Waals surface area (Å²) in [6, 6.07) is 9.98. The first-order chi connectivity index (χ1) is 15.2. The highest BCUT2D eigenvalue weighted by Crippen LogP contribution is 2.31. The van der Waals surface area contributed by atoms with Gasteiger partial charge in [-0.05, 0) is 25.3 Å². The lowest BCUT2D eigenvalue weighted by molar-refractivity contribution is 0.145. The maximum absolute atomic E-state index is 9.92. The van der Waals surface area contributed by atoms with E-state index in [0.717, 1.165) is 47.7 Å². The molecular weight excluding hydrogens is 394 g/mol. The molecule has 31 heavy (non-hydrogen) atoms. The van der Waals surface area contributed by atoms with Crippen LogP contribution in [-0.4, -0.2) is 60.7 Å². The summed E-state index contributed by atoms with van der Waals surface area (Å²) in [4.78, 5) is 16.4. The summed E-state index contributed by atoms with van der Waals surface area (Å²) >= 11 is 0. The number of aliphatic hydroxyl groups is 1. The van der Waals surface area contributed by atoms with Crippen molar-refractivity contribution >= 4 is 17.0 Å². The number of benzene rings is 1. The highest BCUT2D eigenvalue weighted by atomic mass is 16.5. The van der Waals surface area contributed by atoms with Gasteiger partial charge in [-0.3, -0.25) is 0 Å². The Balaban J connectivity index is 1.64. The van der Waals surface area contributed by atoms with Gasteiger partial charge < -0.3 is 19.3 Å². The van der Waals surface area contributed by atoms with Gasteiger partial charge in [0, 0.05) is 25.8 Å². The number of nitrogens with zero attached hydrogens (tertiary/aromatic N) is 7. The van der Waals surface area contributed by atoms with Crippen LogP contribution in [-0.2, 0) is 6.54 Å². The van der Waals surface area contributed by atoms with Crippen LogP contribution in [0, 0.1) is 0 Å². The van der Waals surface area contributed by atoms with Crippen molar-refractivity contribution in [1.29, 1.82) is 0 Å². The number of anilines is 1. The molecule has 9 nitrogen and oxygen atoms in total. The maximum Gasteiger partial charge on any atom is 0.254 e. The first-order valence-electron chi connectivity index (χ1n) is 10.5. The predicted molar refractivity (Wildman–Crippen MR) is 118 cm³/mol. The molecule has 1 N–H and O–H groups in total. The summed E-state index contributed by atoms with van der Waals surface area (Å²) in [6.45, 7) is 4.26. The Bertz CT molecular complexity index is 1190. The summed E-state index contributed by atoms with van der Waals surface area (Å²) in [5.74, 6) is 1.75. The van der Waals surface area contributed by atoms with Gasteiger partial charge in [0.2, 0.25) is 5.88 Å². The van der Waals surface area contributed by atoms with Crippen molar-refractivity contribution in [2.24, 2.45) is 0 Å². The molecule has 0 saturated carbocycles. The molecule has 0 unspecified atom stereocenters. The number of fused-ring (bicyclic) bond motifs is 1. The number of piperidine rings is 1. The number of imidazole rings is 1. The van der Waals surface area contributed by atoms with Crippen LogP contribution in [0.25, 0.3) is 28.2 Å². The molecule has 1 aliphatic heterocycles. The molecule has 1 aliphatic rings.